The maximum Gasteiger partial charge on any atom is 0.347 e. The summed E-state index contributed by atoms with van der Waals surface area (Å²) in [6, 6.07) is -0.612. The van der Waals surface area contributed by atoms with E-state index >= 15 is 0 Å². The molecule has 108 valence electrons. The number of hydrogen-bond donors (Lipinski definition) is 1. The highest BCUT2D eigenvalue weighted by Gasteiger charge is 2.16. The topological polar surface area (TPSA) is 86.2 Å². The smallest absolute Gasteiger partial charge is 0.347 e. The maximum absolute atomic E-state index is 11.4. The molecule has 0 aliphatic rings. The van der Waals surface area contributed by atoms with Gasteiger partial charge in [-0.3, -0.25) is 0 Å². The van der Waals surface area contributed by atoms with Crippen LogP contribution in [0.3, 0.4) is 0 Å². The van der Waals surface area contributed by atoms with Gasteiger partial charge in [0.2, 0.25) is 0 Å². The van der Waals surface area contributed by atoms with Gasteiger partial charge in [0.05, 0.1) is 0 Å². The monoisotopic (exact) mass is 272 g/mol. The number of esters is 1. The summed E-state index contributed by atoms with van der Waals surface area (Å²) in [5, 5.41) is 2.44. The fourth-order valence-corrected chi connectivity index (χ4v) is 0.997. The molecule has 7 heteroatoms. The highest BCUT2D eigenvalue weighted by molar-refractivity contribution is 5.90. The fraction of sp³-hybridized carbons (Fsp3) is 0.583. The molecule has 0 aromatic heterocycles. The molecule has 1 N–H and O–H groups in total. The van der Waals surface area contributed by atoms with Gasteiger partial charge in [0.15, 0.2) is 12.0 Å². The number of urea groups is 1. The highest BCUT2D eigenvalue weighted by Crippen LogP contribution is 1.97. The van der Waals surface area contributed by atoms with Crippen LogP contribution >= 0.6 is 0 Å². The van der Waals surface area contributed by atoms with Gasteiger partial charge < -0.3 is 19.5 Å². The van der Waals surface area contributed by atoms with Crippen molar-refractivity contribution < 1.29 is 23.8 Å². The number of nitrogens with zero attached hydrogens (tertiary/aromatic N) is 1. The van der Waals surface area contributed by atoms with Gasteiger partial charge in [-0.15, -0.1) is 0 Å². The Morgan fingerprint density at radius 1 is 1.42 bits per heavy atom. The Kier molecular flexibility index (Phi) is 8.19. The van der Waals surface area contributed by atoms with Crippen LogP contribution in [0.4, 0.5) is 4.79 Å². The first kappa shape index (κ1) is 17.1. The van der Waals surface area contributed by atoms with Crippen LogP contribution in [0.1, 0.15) is 20.8 Å². The van der Waals surface area contributed by atoms with Gasteiger partial charge in [0.1, 0.15) is 12.8 Å². The Hall–Kier alpha value is -1.89. The molecule has 0 radical (unpaired) electrons. The lowest BCUT2D eigenvalue weighted by Gasteiger charge is -2.13. The first-order chi connectivity index (χ1) is 8.90. The lowest BCUT2D eigenvalue weighted by Crippen LogP contribution is -2.32. The van der Waals surface area contributed by atoms with Crippen molar-refractivity contribution in [2.45, 2.75) is 33.1 Å². The van der Waals surface area contributed by atoms with Gasteiger partial charge in [-0.2, -0.15) is 4.99 Å². The Labute approximate surface area is 112 Å². The van der Waals surface area contributed by atoms with Crippen molar-refractivity contribution in [3.63, 3.8) is 0 Å². The van der Waals surface area contributed by atoms with Gasteiger partial charge in [-0.05, 0) is 13.8 Å². The third-order valence-electron chi connectivity index (χ3n) is 1.96. The van der Waals surface area contributed by atoms with E-state index in [0.29, 0.717) is 0 Å². The first-order valence-electron chi connectivity index (χ1n) is 5.73. The van der Waals surface area contributed by atoms with E-state index in [1.807, 2.05) is 0 Å². The van der Waals surface area contributed by atoms with Crippen LogP contribution < -0.4 is 5.32 Å². The number of carbonyl (C=O) groups is 2. The van der Waals surface area contributed by atoms with Gasteiger partial charge in [0, 0.05) is 14.0 Å². The van der Waals surface area contributed by atoms with E-state index in [4.69, 9.17) is 14.2 Å². The average Bonchev–Trinajstić information content (AvgIpc) is 2.34. The standard InChI is InChI=1S/C12H20N2O5/c1-6-7-18-11(15)8(2)19-10(4)14-12(16)13-9(3)17-5/h6,8-9H,1,7H2,2-5H3,(H,13,16)/b14-10+. The van der Waals surface area contributed by atoms with E-state index in [1.54, 1.807) is 6.92 Å². The van der Waals surface area contributed by atoms with Crippen molar-refractivity contribution in [1.29, 1.82) is 0 Å². The number of carbonyl (C=O) groups excluding carboxylic acids is 2. The average molecular weight is 272 g/mol. The van der Waals surface area contributed by atoms with Crippen molar-refractivity contribution in [1.82, 2.24) is 5.32 Å². The molecule has 0 spiro atoms. The number of ether oxygens (including phenoxy) is 3. The van der Waals surface area contributed by atoms with Crippen molar-refractivity contribution in [2.24, 2.45) is 4.99 Å². The van der Waals surface area contributed by atoms with E-state index in [9.17, 15) is 9.59 Å². The normalized spacial score (nSPS) is 14.2. The number of hydrogen-bond acceptors (Lipinski definition) is 5. The van der Waals surface area contributed by atoms with Gasteiger partial charge in [-0.25, -0.2) is 9.59 Å². The highest BCUT2D eigenvalue weighted by atomic mass is 16.6. The SMILES string of the molecule is C=CCOC(=O)C(C)O/C(C)=N/C(=O)NC(C)OC. The van der Waals surface area contributed by atoms with Crippen LogP contribution in [0.15, 0.2) is 17.6 Å². The minimum atomic E-state index is -0.851. The van der Waals surface area contributed by atoms with Gasteiger partial charge >= 0.3 is 12.0 Å². The Bertz CT molecular complexity index is 354. The van der Waals surface area contributed by atoms with E-state index in [-0.39, 0.29) is 12.5 Å². The predicted molar refractivity (Wildman–Crippen MR) is 69.8 cm³/mol. The molecule has 19 heavy (non-hydrogen) atoms. The largest absolute Gasteiger partial charge is 0.466 e. The van der Waals surface area contributed by atoms with Crippen LogP contribution in [0.5, 0.6) is 0 Å². The fourth-order valence-electron chi connectivity index (χ4n) is 0.997. The lowest BCUT2D eigenvalue weighted by molar-refractivity contribution is -0.150. The Morgan fingerprint density at radius 3 is 2.58 bits per heavy atom. The van der Waals surface area contributed by atoms with E-state index in [2.05, 4.69) is 16.9 Å². The molecule has 0 heterocycles. The molecule has 0 aliphatic carbocycles. The zero-order chi connectivity index (χ0) is 14.8. The molecule has 7 nitrogen and oxygen atoms in total. The van der Waals surface area contributed by atoms with Crippen LogP contribution in [0.2, 0.25) is 0 Å². The van der Waals surface area contributed by atoms with Crippen LogP contribution in [0.25, 0.3) is 0 Å². The molecular formula is C12H20N2O5. The molecule has 0 aromatic carbocycles. The predicted octanol–water partition coefficient (Wildman–Crippen LogP) is 1.24. The maximum atomic E-state index is 11.4. The number of aliphatic imine (C=N–C) groups is 1. The number of methoxy groups -OCH3 is 1. The van der Waals surface area contributed by atoms with Crippen LogP contribution in [-0.4, -0.2) is 43.9 Å². The first-order valence-corrected chi connectivity index (χ1v) is 5.73. The Balaban J connectivity index is 4.27. The van der Waals surface area contributed by atoms with Crippen molar-refractivity contribution >= 4 is 17.9 Å². The summed E-state index contributed by atoms with van der Waals surface area (Å²) in [6.45, 7) is 8.15. The summed E-state index contributed by atoms with van der Waals surface area (Å²) < 4.78 is 14.8. The summed E-state index contributed by atoms with van der Waals surface area (Å²) in [7, 11) is 1.45. The molecule has 2 amide bonds. The lowest BCUT2D eigenvalue weighted by atomic mass is 10.4. The molecule has 0 bridgehead atoms. The van der Waals surface area contributed by atoms with E-state index in [0.717, 1.165) is 0 Å². The molecule has 0 aromatic rings. The molecule has 0 saturated carbocycles. The van der Waals surface area contributed by atoms with Crippen molar-refractivity contribution in [2.75, 3.05) is 13.7 Å². The molecule has 0 saturated heterocycles. The quantitative estimate of drug-likeness (QED) is 0.258. The molecule has 0 rings (SSSR count). The summed E-state index contributed by atoms with van der Waals surface area (Å²) >= 11 is 0. The molecule has 2 unspecified atom stereocenters. The number of nitrogens with one attached hydrogen (secondary N) is 1. The van der Waals surface area contributed by atoms with E-state index in [1.165, 1.54) is 27.0 Å². The molecule has 0 aliphatic heterocycles. The van der Waals surface area contributed by atoms with Crippen LogP contribution in [0, 0.1) is 0 Å². The summed E-state index contributed by atoms with van der Waals surface area (Å²) in [6.07, 6.45) is 0.140. The number of rotatable bonds is 6. The van der Waals surface area contributed by atoms with Crippen molar-refractivity contribution in [3.05, 3.63) is 12.7 Å². The van der Waals surface area contributed by atoms with E-state index < -0.39 is 24.3 Å². The number of amides is 2. The third kappa shape index (κ3) is 7.93. The zero-order valence-corrected chi connectivity index (χ0v) is 11.6. The second-order valence-corrected chi connectivity index (χ2v) is 3.64. The third-order valence-corrected chi connectivity index (χ3v) is 1.96. The second-order valence-electron chi connectivity index (χ2n) is 3.64. The van der Waals surface area contributed by atoms with Gasteiger partial charge in [0.25, 0.3) is 0 Å². The molecule has 0 fully saturated rings. The molecular weight excluding hydrogens is 252 g/mol. The van der Waals surface area contributed by atoms with Gasteiger partial charge in [-0.1, -0.05) is 12.7 Å². The van der Waals surface area contributed by atoms with Crippen LogP contribution in [-0.2, 0) is 19.0 Å². The van der Waals surface area contributed by atoms with Crippen molar-refractivity contribution in [3.8, 4) is 0 Å². The Morgan fingerprint density at radius 2 is 2.05 bits per heavy atom. The zero-order valence-electron chi connectivity index (χ0n) is 11.6. The summed E-state index contributed by atoms with van der Waals surface area (Å²) in [5.41, 5.74) is 0. The minimum absolute atomic E-state index is 0.0591. The summed E-state index contributed by atoms with van der Waals surface area (Å²) in [4.78, 5) is 26.3. The molecule has 2 atom stereocenters. The summed E-state index contributed by atoms with van der Waals surface area (Å²) in [5.74, 6) is -0.496. The second kappa shape index (κ2) is 9.09. The minimum Gasteiger partial charge on any atom is -0.466 e.